The van der Waals surface area contributed by atoms with Crippen molar-refractivity contribution in [2.24, 2.45) is 0 Å². The largest absolute Gasteiger partial charge is 0.413 e. The first-order valence-corrected chi connectivity index (χ1v) is 7.58. The van der Waals surface area contributed by atoms with Gasteiger partial charge in [-0.25, -0.2) is 0 Å². The van der Waals surface area contributed by atoms with Gasteiger partial charge in [-0.2, -0.15) is 0 Å². The van der Waals surface area contributed by atoms with Crippen LogP contribution in [0.4, 0.5) is 0 Å². The van der Waals surface area contributed by atoms with Crippen LogP contribution in [0.15, 0.2) is 24.4 Å². The quantitative estimate of drug-likeness (QED) is 0.732. The van der Waals surface area contributed by atoms with E-state index in [0.717, 1.165) is 5.32 Å². The Kier molecular flexibility index (Phi) is 4.05. The zero-order chi connectivity index (χ0) is 11.5. The van der Waals surface area contributed by atoms with E-state index in [-0.39, 0.29) is 0 Å². The Bertz CT molecular complexity index is 290. The van der Waals surface area contributed by atoms with Crippen LogP contribution >= 0.6 is 0 Å². The molecule has 1 rings (SSSR count). The SMILES string of the molecule is CO[Si](c1ccccn1)(C(C)C)C(C)C. The van der Waals surface area contributed by atoms with E-state index in [0.29, 0.717) is 11.1 Å². The van der Waals surface area contributed by atoms with E-state index in [1.165, 1.54) is 0 Å². The molecule has 0 fully saturated rings. The highest BCUT2D eigenvalue weighted by Crippen LogP contribution is 2.31. The van der Waals surface area contributed by atoms with Gasteiger partial charge >= 0.3 is 0 Å². The fourth-order valence-electron chi connectivity index (χ4n) is 2.43. The zero-order valence-electron chi connectivity index (χ0n) is 10.3. The molecule has 0 saturated heterocycles. The Morgan fingerprint density at radius 2 is 1.73 bits per heavy atom. The Labute approximate surface area is 93.8 Å². The summed E-state index contributed by atoms with van der Waals surface area (Å²) in [4.78, 5) is 4.50. The highest BCUT2D eigenvalue weighted by Gasteiger charge is 2.44. The molecule has 84 valence electrons. The van der Waals surface area contributed by atoms with Crippen molar-refractivity contribution in [2.45, 2.75) is 38.8 Å². The van der Waals surface area contributed by atoms with Crippen molar-refractivity contribution in [1.29, 1.82) is 0 Å². The molecule has 0 atom stereocenters. The highest BCUT2D eigenvalue weighted by atomic mass is 28.4. The lowest BCUT2D eigenvalue weighted by Gasteiger charge is -2.36. The van der Waals surface area contributed by atoms with Crippen molar-refractivity contribution in [2.75, 3.05) is 7.11 Å². The summed E-state index contributed by atoms with van der Waals surface area (Å²) in [7, 11) is -0.0772. The van der Waals surface area contributed by atoms with E-state index in [9.17, 15) is 0 Å². The third-order valence-electron chi connectivity index (χ3n) is 3.12. The van der Waals surface area contributed by atoms with Crippen molar-refractivity contribution in [3.63, 3.8) is 0 Å². The van der Waals surface area contributed by atoms with Gasteiger partial charge in [0.15, 0.2) is 0 Å². The molecule has 3 heteroatoms. The molecule has 1 aromatic rings. The molecule has 2 nitrogen and oxygen atoms in total. The molecule has 0 saturated carbocycles. The fourth-order valence-corrected chi connectivity index (χ4v) is 6.73. The summed E-state index contributed by atoms with van der Waals surface area (Å²) < 4.78 is 5.92. The van der Waals surface area contributed by atoms with Crippen LogP contribution < -0.4 is 5.32 Å². The van der Waals surface area contributed by atoms with E-state index >= 15 is 0 Å². The van der Waals surface area contributed by atoms with Crippen LogP contribution in [0.25, 0.3) is 0 Å². The Morgan fingerprint density at radius 3 is 2.07 bits per heavy atom. The standard InChI is InChI=1S/C12H21NOSi/c1-10(2)15(14-5,11(3)4)12-8-6-7-9-13-12/h6-11H,1-5H3. The Morgan fingerprint density at radius 1 is 1.13 bits per heavy atom. The lowest BCUT2D eigenvalue weighted by atomic mass is 10.5. The fraction of sp³-hybridized carbons (Fsp3) is 0.583. The van der Waals surface area contributed by atoms with Crippen molar-refractivity contribution in [3.05, 3.63) is 24.4 Å². The van der Waals surface area contributed by atoms with Gasteiger partial charge in [-0.15, -0.1) is 0 Å². The predicted molar refractivity (Wildman–Crippen MR) is 66.8 cm³/mol. The first-order chi connectivity index (χ1) is 7.05. The van der Waals surface area contributed by atoms with E-state index < -0.39 is 8.32 Å². The maximum absolute atomic E-state index is 5.92. The number of aromatic nitrogens is 1. The van der Waals surface area contributed by atoms with Crippen LogP contribution in [0.1, 0.15) is 27.7 Å². The van der Waals surface area contributed by atoms with Gasteiger partial charge in [0.2, 0.25) is 8.32 Å². The molecular weight excluding hydrogens is 202 g/mol. The molecule has 0 spiro atoms. The minimum Gasteiger partial charge on any atom is -0.413 e. The summed E-state index contributed by atoms with van der Waals surface area (Å²) in [5.41, 5.74) is 1.08. The maximum atomic E-state index is 5.92. The van der Waals surface area contributed by atoms with E-state index in [4.69, 9.17) is 4.43 Å². The second-order valence-corrected chi connectivity index (χ2v) is 9.34. The average molecular weight is 223 g/mol. The topological polar surface area (TPSA) is 22.1 Å². The van der Waals surface area contributed by atoms with Gasteiger partial charge in [-0.1, -0.05) is 33.8 Å². The third-order valence-corrected chi connectivity index (χ3v) is 8.32. The van der Waals surface area contributed by atoms with Gasteiger partial charge < -0.3 is 4.43 Å². The maximum Gasteiger partial charge on any atom is 0.247 e. The molecule has 0 bridgehead atoms. The summed E-state index contributed by atoms with van der Waals surface area (Å²) in [5, 5.41) is 1.16. The summed E-state index contributed by atoms with van der Waals surface area (Å²) in [6, 6.07) is 6.11. The molecule has 0 radical (unpaired) electrons. The van der Waals surface area contributed by atoms with Crippen molar-refractivity contribution < 1.29 is 4.43 Å². The van der Waals surface area contributed by atoms with Gasteiger partial charge in [0.25, 0.3) is 0 Å². The monoisotopic (exact) mass is 223 g/mol. The summed E-state index contributed by atoms with van der Waals surface area (Å²) in [6.07, 6.45) is 1.86. The minimum absolute atomic E-state index is 0.539. The normalized spacial score (nSPS) is 12.5. The van der Waals surface area contributed by atoms with Gasteiger partial charge in [0.1, 0.15) is 0 Å². The van der Waals surface area contributed by atoms with Gasteiger partial charge in [-0.05, 0) is 23.2 Å². The molecule has 0 aromatic carbocycles. The number of rotatable bonds is 4. The van der Waals surface area contributed by atoms with Gasteiger partial charge in [0.05, 0.1) is 5.32 Å². The minimum atomic E-state index is -1.91. The molecule has 0 amide bonds. The highest BCUT2D eigenvalue weighted by molar-refractivity contribution is 6.88. The van der Waals surface area contributed by atoms with E-state index in [2.05, 4.69) is 38.7 Å². The first kappa shape index (κ1) is 12.4. The van der Waals surface area contributed by atoms with Crippen LogP contribution in [-0.4, -0.2) is 20.4 Å². The number of hydrogen-bond acceptors (Lipinski definition) is 2. The van der Waals surface area contributed by atoms with Crippen LogP contribution in [0.2, 0.25) is 11.1 Å². The average Bonchev–Trinajstić information content (AvgIpc) is 2.20. The first-order valence-electron chi connectivity index (χ1n) is 5.52. The molecule has 1 aromatic heterocycles. The van der Waals surface area contributed by atoms with E-state index in [1.54, 1.807) is 0 Å². The summed E-state index contributed by atoms with van der Waals surface area (Å²) >= 11 is 0. The molecule has 0 unspecified atom stereocenters. The number of nitrogens with zero attached hydrogens (tertiary/aromatic N) is 1. The smallest absolute Gasteiger partial charge is 0.247 e. The van der Waals surface area contributed by atoms with Crippen LogP contribution in [0, 0.1) is 0 Å². The third kappa shape index (κ3) is 2.13. The van der Waals surface area contributed by atoms with Crippen molar-refractivity contribution in [1.82, 2.24) is 4.98 Å². The Hall–Kier alpha value is -0.673. The second-order valence-electron chi connectivity index (χ2n) is 4.52. The molecule has 15 heavy (non-hydrogen) atoms. The zero-order valence-corrected chi connectivity index (χ0v) is 11.3. The lowest BCUT2D eigenvalue weighted by Crippen LogP contribution is -2.56. The van der Waals surface area contributed by atoms with Crippen LogP contribution in [0.3, 0.4) is 0 Å². The van der Waals surface area contributed by atoms with Crippen LogP contribution in [-0.2, 0) is 4.43 Å². The molecule has 0 aliphatic carbocycles. The van der Waals surface area contributed by atoms with E-state index in [1.807, 2.05) is 25.4 Å². The number of hydrogen-bond donors (Lipinski definition) is 0. The summed E-state index contributed by atoms with van der Waals surface area (Å²) in [6.45, 7) is 8.96. The van der Waals surface area contributed by atoms with Crippen molar-refractivity contribution >= 4 is 13.6 Å². The second kappa shape index (κ2) is 4.90. The molecule has 0 aliphatic heterocycles. The van der Waals surface area contributed by atoms with Crippen LogP contribution in [0.5, 0.6) is 0 Å². The predicted octanol–water partition coefficient (Wildman–Crippen LogP) is 2.70. The molecule has 0 N–H and O–H groups in total. The number of pyridine rings is 1. The summed E-state index contributed by atoms with van der Waals surface area (Å²) in [5.74, 6) is 0. The molecular formula is C12H21NOSi. The molecule has 1 heterocycles. The molecule has 0 aliphatic rings. The van der Waals surface area contributed by atoms with Gasteiger partial charge in [0, 0.05) is 13.3 Å². The van der Waals surface area contributed by atoms with Gasteiger partial charge in [-0.3, -0.25) is 4.98 Å². The van der Waals surface area contributed by atoms with Crippen molar-refractivity contribution in [3.8, 4) is 0 Å². The Balaban J connectivity index is 3.22. The lowest BCUT2D eigenvalue weighted by molar-refractivity contribution is 0.384.